The fourth-order valence-electron chi connectivity index (χ4n) is 4.76. The first-order valence-corrected chi connectivity index (χ1v) is 12.2. The third-order valence-electron chi connectivity index (χ3n) is 6.65. The van der Waals surface area contributed by atoms with Crippen molar-refractivity contribution in [1.29, 1.82) is 0 Å². The van der Waals surface area contributed by atoms with Crippen LogP contribution in [-0.4, -0.2) is 44.5 Å². The molecule has 1 unspecified atom stereocenters. The van der Waals surface area contributed by atoms with Crippen LogP contribution >= 0.6 is 0 Å². The molecule has 34 heavy (non-hydrogen) atoms. The van der Waals surface area contributed by atoms with Crippen LogP contribution in [-0.2, 0) is 9.59 Å². The maximum atomic E-state index is 13.6. The number of benzene rings is 2. The Kier molecular flexibility index (Phi) is 7.95. The SMILES string of the molecule is C[NH+](CCCNC(=O)CN1C(=O)C(=Cc2cccc(F)c2)Oc2ccccc21)C1CCCCC1. The highest BCUT2D eigenvalue weighted by atomic mass is 19.1. The van der Waals surface area contributed by atoms with E-state index in [9.17, 15) is 14.0 Å². The number of ether oxygens (including phenoxy) is 1. The van der Waals surface area contributed by atoms with Crippen LogP contribution in [0, 0.1) is 5.82 Å². The number of para-hydroxylation sites is 2. The van der Waals surface area contributed by atoms with Crippen LogP contribution in [0.2, 0.25) is 0 Å². The Labute approximate surface area is 200 Å². The van der Waals surface area contributed by atoms with Gasteiger partial charge in [-0.05, 0) is 61.6 Å². The van der Waals surface area contributed by atoms with Crippen LogP contribution in [0.1, 0.15) is 44.1 Å². The first-order valence-electron chi connectivity index (χ1n) is 12.2. The molecule has 2 amide bonds. The second-order valence-corrected chi connectivity index (χ2v) is 9.16. The molecule has 2 aliphatic rings. The van der Waals surface area contributed by atoms with E-state index in [1.54, 1.807) is 41.3 Å². The van der Waals surface area contributed by atoms with E-state index in [0.29, 0.717) is 23.5 Å². The molecule has 0 spiro atoms. The molecule has 0 aromatic heterocycles. The van der Waals surface area contributed by atoms with Crippen LogP contribution in [0.15, 0.2) is 54.3 Å². The van der Waals surface area contributed by atoms with Gasteiger partial charge in [0.05, 0.1) is 25.3 Å². The molecule has 2 aromatic rings. The molecule has 180 valence electrons. The lowest BCUT2D eigenvalue weighted by atomic mass is 9.94. The van der Waals surface area contributed by atoms with Crippen molar-refractivity contribution in [3.8, 4) is 5.75 Å². The highest BCUT2D eigenvalue weighted by molar-refractivity contribution is 6.12. The minimum absolute atomic E-state index is 0.0507. The molecule has 0 saturated heterocycles. The average molecular weight is 467 g/mol. The highest BCUT2D eigenvalue weighted by Crippen LogP contribution is 2.35. The Hall–Kier alpha value is -3.19. The monoisotopic (exact) mass is 466 g/mol. The summed E-state index contributed by atoms with van der Waals surface area (Å²) in [6, 6.07) is 13.8. The van der Waals surface area contributed by atoms with Gasteiger partial charge in [-0.2, -0.15) is 0 Å². The summed E-state index contributed by atoms with van der Waals surface area (Å²) in [4.78, 5) is 28.8. The summed E-state index contributed by atoms with van der Waals surface area (Å²) in [6.07, 6.45) is 8.97. The summed E-state index contributed by atoms with van der Waals surface area (Å²) in [5.74, 6) is -0.514. The predicted molar refractivity (Wildman–Crippen MR) is 130 cm³/mol. The van der Waals surface area contributed by atoms with Crippen molar-refractivity contribution in [2.75, 3.05) is 31.6 Å². The van der Waals surface area contributed by atoms with Crippen molar-refractivity contribution >= 4 is 23.6 Å². The van der Waals surface area contributed by atoms with Crippen molar-refractivity contribution < 1.29 is 23.6 Å². The van der Waals surface area contributed by atoms with Gasteiger partial charge in [-0.15, -0.1) is 0 Å². The van der Waals surface area contributed by atoms with E-state index in [1.165, 1.54) is 55.2 Å². The number of quaternary nitrogens is 1. The molecule has 2 aromatic carbocycles. The number of halogens is 1. The Morgan fingerprint density at radius 3 is 2.76 bits per heavy atom. The van der Waals surface area contributed by atoms with Gasteiger partial charge >= 0.3 is 0 Å². The van der Waals surface area contributed by atoms with Crippen molar-refractivity contribution in [1.82, 2.24) is 5.32 Å². The number of nitrogens with one attached hydrogen (secondary N) is 2. The second kappa shape index (κ2) is 11.3. The Morgan fingerprint density at radius 1 is 1.18 bits per heavy atom. The molecule has 1 aliphatic heterocycles. The summed E-state index contributed by atoms with van der Waals surface area (Å²) >= 11 is 0. The zero-order chi connectivity index (χ0) is 23.9. The van der Waals surface area contributed by atoms with Crippen LogP contribution < -0.4 is 19.9 Å². The molecule has 1 aliphatic carbocycles. The second-order valence-electron chi connectivity index (χ2n) is 9.16. The molecule has 1 heterocycles. The van der Waals surface area contributed by atoms with Gasteiger partial charge < -0.3 is 15.0 Å². The zero-order valence-electron chi connectivity index (χ0n) is 19.7. The first-order chi connectivity index (χ1) is 16.5. The quantitative estimate of drug-likeness (QED) is 0.465. The molecule has 1 fully saturated rings. The topological polar surface area (TPSA) is 63.1 Å². The summed E-state index contributed by atoms with van der Waals surface area (Å²) in [5, 5.41) is 2.96. The predicted octanol–water partition coefficient (Wildman–Crippen LogP) is 2.95. The van der Waals surface area contributed by atoms with Crippen molar-refractivity contribution in [2.24, 2.45) is 0 Å². The standard InChI is InChI=1S/C27H32FN3O3/c1-30(22-11-3-2-4-12-22)16-8-15-29-26(32)19-31-23-13-5-6-14-24(23)34-25(27(31)33)18-20-9-7-10-21(28)17-20/h5-7,9-10,13-14,17-18,22H,2-4,8,11-12,15-16,19H2,1H3,(H,29,32)/p+1. The van der Waals surface area contributed by atoms with E-state index in [1.807, 2.05) is 0 Å². The van der Waals surface area contributed by atoms with Crippen LogP contribution in [0.25, 0.3) is 6.08 Å². The smallest absolute Gasteiger partial charge is 0.294 e. The van der Waals surface area contributed by atoms with Crippen molar-refractivity contribution in [2.45, 2.75) is 44.6 Å². The van der Waals surface area contributed by atoms with E-state index in [4.69, 9.17) is 4.74 Å². The lowest BCUT2D eigenvalue weighted by Crippen LogP contribution is -3.13. The third-order valence-corrected chi connectivity index (χ3v) is 6.65. The molecular formula is C27H33FN3O3+. The average Bonchev–Trinajstić information content (AvgIpc) is 2.85. The van der Waals surface area contributed by atoms with Crippen LogP contribution in [0.5, 0.6) is 5.75 Å². The maximum Gasteiger partial charge on any atom is 0.294 e. The number of carbonyl (C=O) groups excluding carboxylic acids is 2. The minimum atomic E-state index is -0.431. The number of nitrogens with zero attached hydrogens (tertiary/aromatic N) is 1. The Bertz CT molecular complexity index is 1050. The normalized spacial score (nSPS) is 18.4. The molecule has 0 radical (unpaired) electrons. The van der Waals surface area contributed by atoms with Gasteiger partial charge in [0.2, 0.25) is 5.91 Å². The number of amides is 2. The Balaban J connectivity index is 1.36. The molecular weight excluding hydrogens is 433 g/mol. The summed E-state index contributed by atoms with van der Waals surface area (Å²) in [5.41, 5.74) is 1.05. The number of carbonyl (C=O) groups is 2. The number of rotatable bonds is 8. The van der Waals surface area contributed by atoms with Gasteiger partial charge in [0.25, 0.3) is 5.91 Å². The Morgan fingerprint density at radius 2 is 1.97 bits per heavy atom. The largest absolute Gasteiger partial charge is 0.449 e. The highest BCUT2D eigenvalue weighted by Gasteiger charge is 2.31. The third kappa shape index (κ3) is 6.03. The lowest BCUT2D eigenvalue weighted by molar-refractivity contribution is -0.907. The number of hydrogen-bond acceptors (Lipinski definition) is 3. The van der Waals surface area contributed by atoms with Gasteiger partial charge in [-0.1, -0.05) is 30.7 Å². The van der Waals surface area contributed by atoms with Gasteiger partial charge in [0.1, 0.15) is 12.4 Å². The molecule has 0 bridgehead atoms. The van der Waals surface area contributed by atoms with E-state index >= 15 is 0 Å². The molecule has 1 atom stereocenters. The summed E-state index contributed by atoms with van der Waals surface area (Å²) in [6.45, 7) is 1.49. The lowest BCUT2D eigenvalue weighted by Gasteiger charge is -2.30. The number of anilines is 1. The molecule has 4 rings (SSSR count). The van der Waals surface area contributed by atoms with Gasteiger partial charge in [0, 0.05) is 13.0 Å². The molecule has 1 saturated carbocycles. The van der Waals surface area contributed by atoms with E-state index < -0.39 is 11.7 Å². The van der Waals surface area contributed by atoms with Crippen molar-refractivity contribution in [3.05, 3.63) is 65.7 Å². The molecule has 7 heteroatoms. The van der Waals surface area contributed by atoms with Crippen LogP contribution in [0.4, 0.5) is 10.1 Å². The first kappa shape index (κ1) is 24.0. The minimum Gasteiger partial charge on any atom is -0.449 e. The van der Waals surface area contributed by atoms with E-state index in [2.05, 4.69) is 12.4 Å². The van der Waals surface area contributed by atoms with Gasteiger partial charge in [-0.25, -0.2) is 4.39 Å². The fourth-order valence-corrected chi connectivity index (χ4v) is 4.76. The number of hydrogen-bond donors (Lipinski definition) is 2. The van der Waals surface area contributed by atoms with Crippen LogP contribution in [0.3, 0.4) is 0 Å². The van der Waals surface area contributed by atoms with Gasteiger partial charge in [0.15, 0.2) is 11.5 Å². The van der Waals surface area contributed by atoms with E-state index in [-0.39, 0.29) is 18.2 Å². The number of fused-ring (bicyclic) bond motifs is 1. The van der Waals surface area contributed by atoms with Gasteiger partial charge in [-0.3, -0.25) is 14.5 Å². The zero-order valence-corrected chi connectivity index (χ0v) is 19.7. The molecule has 2 N–H and O–H groups in total. The van der Waals surface area contributed by atoms with Crippen molar-refractivity contribution in [3.63, 3.8) is 0 Å². The van der Waals surface area contributed by atoms with E-state index in [0.717, 1.165) is 19.0 Å². The maximum absolute atomic E-state index is 13.6. The summed E-state index contributed by atoms with van der Waals surface area (Å²) in [7, 11) is 2.24. The summed E-state index contributed by atoms with van der Waals surface area (Å²) < 4.78 is 19.4. The molecule has 6 nitrogen and oxygen atoms in total. The fraction of sp³-hybridized carbons (Fsp3) is 0.407.